The molecule has 8 heteroatoms. The van der Waals surface area contributed by atoms with Gasteiger partial charge in [-0.2, -0.15) is 4.31 Å². The number of likely N-dealkylation sites (N-methyl/N-ethyl adjacent to an activating group) is 2. The second-order valence-electron chi connectivity index (χ2n) is 7.05. The molecule has 0 atom stereocenters. The number of rotatable bonds is 8. The molecular formula is C22H28N4O3S. The summed E-state index contributed by atoms with van der Waals surface area (Å²) in [5.74, 6) is -0.153. The van der Waals surface area contributed by atoms with Gasteiger partial charge in [0.25, 0.3) is 0 Å². The predicted octanol–water partition coefficient (Wildman–Crippen LogP) is 2.05. The third-order valence-electron chi connectivity index (χ3n) is 5.11. The summed E-state index contributed by atoms with van der Waals surface area (Å²) in [6.07, 6.45) is 2.09. The van der Waals surface area contributed by atoms with E-state index < -0.39 is 10.0 Å². The highest BCUT2D eigenvalue weighted by atomic mass is 32.2. The van der Waals surface area contributed by atoms with Gasteiger partial charge in [0.05, 0.1) is 4.90 Å². The molecule has 2 aromatic carbocycles. The lowest BCUT2D eigenvalue weighted by molar-refractivity contribution is -0.117. The Morgan fingerprint density at radius 1 is 0.967 bits per heavy atom. The van der Waals surface area contributed by atoms with Gasteiger partial charge in [-0.15, -0.1) is 0 Å². The molecule has 0 bridgehead atoms. The summed E-state index contributed by atoms with van der Waals surface area (Å²) in [7, 11) is -0.109. The molecule has 1 aliphatic heterocycles. The fourth-order valence-electron chi connectivity index (χ4n) is 3.32. The zero-order chi connectivity index (χ0) is 21.6. The van der Waals surface area contributed by atoms with Crippen molar-refractivity contribution in [3.05, 3.63) is 60.2 Å². The summed E-state index contributed by atoms with van der Waals surface area (Å²) < 4.78 is 27.3. The fraction of sp³-hybridized carbons (Fsp3) is 0.318. The third-order valence-corrected chi connectivity index (χ3v) is 6.98. The number of sulfonamides is 1. The van der Waals surface area contributed by atoms with Crippen molar-refractivity contribution >= 4 is 21.6 Å². The van der Waals surface area contributed by atoms with Crippen LogP contribution in [0, 0.1) is 0 Å². The zero-order valence-corrected chi connectivity index (χ0v) is 18.1. The molecule has 160 valence electrons. The molecule has 3 N–H and O–H groups in total. The number of carbonyl (C=O) groups excluding carboxylic acids is 1. The van der Waals surface area contributed by atoms with E-state index in [1.165, 1.54) is 4.31 Å². The molecule has 0 saturated heterocycles. The maximum absolute atomic E-state index is 12.9. The Morgan fingerprint density at radius 3 is 2.13 bits per heavy atom. The van der Waals surface area contributed by atoms with Crippen molar-refractivity contribution in [3.8, 4) is 11.1 Å². The van der Waals surface area contributed by atoms with Crippen LogP contribution in [0.3, 0.4) is 0 Å². The Kier molecular flexibility index (Phi) is 7.25. The van der Waals surface area contributed by atoms with Crippen LogP contribution < -0.4 is 16.0 Å². The summed E-state index contributed by atoms with van der Waals surface area (Å²) in [5.41, 5.74) is 3.65. The van der Waals surface area contributed by atoms with Crippen molar-refractivity contribution in [1.82, 2.24) is 14.9 Å². The summed E-state index contributed by atoms with van der Waals surface area (Å²) in [6.45, 7) is 2.23. The molecule has 0 fully saturated rings. The van der Waals surface area contributed by atoms with E-state index in [-0.39, 0.29) is 17.3 Å². The molecule has 7 nitrogen and oxygen atoms in total. The number of nitrogens with one attached hydrogen (secondary N) is 3. The number of hydrogen-bond donors (Lipinski definition) is 3. The average Bonchev–Trinajstić information content (AvgIpc) is 2.79. The molecule has 0 unspecified atom stereocenters. The van der Waals surface area contributed by atoms with Gasteiger partial charge in [-0.05, 0) is 48.9 Å². The van der Waals surface area contributed by atoms with E-state index in [9.17, 15) is 13.2 Å². The van der Waals surface area contributed by atoms with Crippen LogP contribution in [0.4, 0.5) is 5.69 Å². The van der Waals surface area contributed by atoms with Crippen LogP contribution in [0.2, 0.25) is 0 Å². The van der Waals surface area contributed by atoms with Crippen LogP contribution in [0.5, 0.6) is 0 Å². The summed E-state index contributed by atoms with van der Waals surface area (Å²) in [6, 6.07) is 15.0. The highest BCUT2D eigenvalue weighted by Crippen LogP contribution is 2.25. The molecule has 30 heavy (non-hydrogen) atoms. The van der Waals surface area contributed by atoms with Gasteiger partial charge in [-0.1, -0.05) is 30.3 Å². The predicted molar refractivity (Wildman–Crippen MR) is 120 cm³/mol. The summed E-state index contributed by atoms with van der Waals surface area (Å²) in [4.78, 5) is 12.0. The first-order chi connectivity index (χ1) is 14.5. The number of carbonyl (C=O) groups is 1. The topological polar surface area (TPSA) is 90.5 Å². The molecule has 1 aliphatic rings. The van der Waals surface area contributed by atoms with Crippen LogP contribution >= 0.6 is 0 Å². The van der Waals surface area contributed by atoms with E-state index in [0.717, 1.165) is 29.9 Å². The molecule has 0 radical (unpaired) electrons. The van der Waals surface area contributed by atoms with Gasteiger partial charge in [-0.25, -0.2) is 8.42 Å². The van der Waals surface area contributed by atoms with Gasteiger partial charge < -0.3 is 16.0 Å². The van der Waals surface area contributed by atoms with Crippen LogP contribution in [-0.2, 0) is 14.8 Å². The molecule has 2 aromatic rings. The molecule has 1 heterocycles. The van der Waals surface area contributed by atoms with Crippen molar-refractivity contribution < 1.29 is 13.2 Å². The lowest BCUT2D eigenvalue weighted by atomic mass is 10.1. The van der Waals surface area contributed by atoms with Gasteiger partial charge >= 0.3 is 0 Å². The van der Waals surface area contributed by atoms with Crippen LogP contribution in [-0.4, -0.2) is 58.9 Å². The Labute approximate surface area is 178 Å². The van der Waals surface area contributed by atoms with Crippen molar-refractivity contribution in [2.45, 2.75) is 11.3 Å². The normalized spacial score (nSPS) is 14.8. The van der Waals surface area contributed by atoms with Crippen molar-refractivity contribution in [1.29, 1.82) is 0 Å². The minimum absolute atomic E-state index is 0.153. The minimum atomic E-state index is -3.60. The largest absolute Gasteiger partial charge is 0.384 e. The number of nitrogens with zero attached hydrogens (tertiary/aromatic N) is 1. The molecule has 3 rings (SSSR count). The molecular weight excluding hydrogens is 400 g/mol. The number of amides is 1. The van der Waals surface area contributed by atoms with E-state index in [1.54, 1.807) is 25.3 Å². The van der Waals surface area contributed by atoms with Crippen molar-refractivity contribution in [2.75, 3.05) is 45.6 Å². The highest BCUT2D eigenvalue weighted by molar-refractivity contribution is 7.89. The van der Waals surface area contributed by atoms with Crippen molar-refractivity contribution in [2.24, 2.45) is 0 Å². The maximum Gasteiger partial charge on any atom is 0.246 e. The number of benzene rings is 2. The minimum Gasteiger partial charge on any atom is -0.384 e. The van der Waals surface area contributed by atoms with Crippen LogP contribution in [0.25, 0.3) is 11.1 Å². The highest BCUT2D eigenvalue weighted by Gasteiger charge is 2.27. The van der Waals surface area contributed by atoms with E-state index in [1.807, 2.05) is 43.4 Å². The Balaban J connectivity index is 1.69. The molecule has 0 saturated carbocycles. The van der Waals surface area contributed by atoms with E-state index in [0.29, 0.717) is 18.5 Å². The third kappa shape index (κ3) is 5.08. The lowest BCUT2D eigenvalue weighted by Gasteiger charge is -2.25. The van der Waals surface area contributed by atoms with Gasteiger partial charge in [0, 0.05) is 44.5 Å². The standard InChI is InChI=1S/C22H28N4O3S/c1-23-13-14-25-20-7-3-17(4-8-20)18-5-9-21(10-6-18)30(28,29)26-15-11-19(12-16-26)22(27)24-2/h3-11,23,25H,12-16H2,1-2H3,(H,24,27). The lowest BCUT2D eigenvalue weighted by Crippen LogP contribution is -2.37. The summed E-state index contributed by atoms with van der Waals surface area (Å²) in [5, 5.41) is 8.99. The van der Waals surface area contributed by atoms with Crippen molar-refractivity contribution in [3.63, 3.8) is 0 Å². The first-order valence-electron chi connectivity index (χ1n) is 9.96. The zero-order valence-electron chi connectivity index (χ0n) is 17.3. The van der Waals surface area contributed by atoms with Gasteiger partial charge in [0.2, 0.25) is 15.9 Å². The first-order valence-corrected chi connectivity index (χ1v) is 11.4. The maximum atomic E-state index is 12.9. The molecule has 1 amide bonds. The Morgan fingerprint density at radius 2 is 1.60 bits per heavy atom. The van der Waals surface area contributed by atoms with E-state index in [4.69, 9.17) is 0 Å². The van der Waals surface area contributed by atoms with Gasteiger partial charge in [0.1, 0.15) is 0 Å². The second kappa shape index (κ2) is 9.88. The monoisotopic (exact) mass is 428 g/mol. The fourth-order valence-corrected chi connectivity index (χ4v) is 4.70. The average molecular weight is 429 g/mol. The second-order valence-corrected chi connectivity index (χ2v) is 8.99. The Hall–Kier alpha value is -2.68. The summed E-state index contributed by atoms with van der Waals surface area (Å²) >= 11 is 0. The van der Waals surface area contributed by atoms with Crippen LogP contribution in [0.15, 0.2) is 65.1 Å². The Bertz CT molecular complexity index is 1000. The molecule has 0 aromatic heterocycles. The van der Waals surface area contributed by atoms with E-state index >= 15 is 0 Å². The van der Waals surface area contributed by atoms with Crippen LogP contribution in [0.1, 0.15) is 6.42 Å². The molecule has 0 spiro atoms. The first kappa shape index (κ1) is 22.0. The molecule has 0 aliphatic carbocycles. The SMILES string of the molecule is CNCCNc1ccc(-c2ccc(S(=O)(=O)N3CC=C(C(=O)NC)CC3)cc2)cc1. The van der Waals surface area contributed by atoms with Gasteiger partial charge in [0.15, 0.2) is 0 Å². The van der Waals surface area contributed by atoms with E-state index in [2.05, 4.69) is 16.0 Å². The van der Waals surface area contributed by atoms with Gasteiger partial charge in [-0.3, -0.25) is 4.79 Å². The number of anilines is 1. The smallest absolute Gasteiger partial charge is 0.246 e. The quantitative estimate of drug-likeness (QED) is 0.560. The number of hydrogen-bond acceptors (Lipinski definition) is 5.